The van der Waals surface area contributed by atoms with Gasteiger partial charge in [-0.05, 0) is 36.2 Å². The van der Waals surface area contributed by atoms with Crippen LogP contribution in [-0.4, -0.2) is 33.4 Å². The van der Waals surface area contributed by atoms with Gasteiger partial charge in [-0.1, -0.05) is 18.2 Å². The molecule has 1 aliphatic heterocycles. The first-order chi connectivity index (χ1) is 8.40. The molecule has 0 amide bonds. The molecule has 1 aromatic rings. The van der Waals surface area contributed by atoms with E-state index in [1.165, 1.54) is 11.1 Å². The van der Waals surface area contributed by atoms with E-state index in [4.69, 9.17) is 9.47 Å². The van der Waals surface area contributed by atoms with Gasteiger partial charge in [-0.25, -0.2) is 0 Å². The summed E-state index contributed by atoms with van der Waals surface area (Å²) < 4.78 is 10.5. The van der Waals surface area contributed by atoms with Crippen LogP contribution in [0.1, 0.15) is 12.0 Å². The van der Waals surface area contributed by atoms with Crippen molar-refractivity contribution in [2.75, 3.05) is 33.4 Å². The summed E-state index contributed by atoms with van der Waals surface area (Å²) >= 11 is 0. The van der Waals surface area contributed by atoms with Crippen molar-refractivity contribution < 1.29 is 9.47 Å². The summed E-state index contributed by atoms with van der Waals surface area (Å²) in [5, 5.41) is 3.32. The van der Waals surface area contributed by atoms with Crippen LogP contribution in [0.5, 0.6) is 5.75 Å². The molecule has 3 nitrogen and oxygen atoms in total. The van der Waals surface area contributed by atoms with E-state index in [2.05, 4.69) is 23.5 Å². The first-order valence-electron chi connectivity index (χ1n) is 6.02. The van der Waals surface area contributed by atoms with Crippen molar-refractivity contribution in [1.29, 1.82) is 0 Å². The SMILES string of the molecule is COCCOc1ccc(C2=CCNCC2)cc1. The molecule has 0 saturated heterocycles. The van der Waals surface area contributed by atoms with Crippen LogP contribution in [0.3, 0.4) is 0 Å². The van der Waals surface area contributed by atoms with Gasteiger partial charge in [0.15, 0.2) is 0 Å². The monoisotopic (exact) mass is 233 g/mol. The number of ether oxygens (including phenoxy) is 2. The lowest BCUT2D eigenvalue weighted by Gasteiger charge is -2.14. The second-order valence-corrected chi connectivity index (χ2v) is 4.05. The molecular formula is C14H19NO2. The summed E-state index contributed by atoms with van der Waals surface area (Å²) in [4.78, 5) is 0. The molecule has 1 aromatic carbocycles. The smallest absolute Gasteiger partial charge is 0.119 e. The largest absolute Gasteiger partial charge is 0.491 e. The minimum Gasteiger partial charge on any atom is -0.491 e. The lowest BCUT2D eigenvalue weighted by atomic mass is 10.0. The fourth-order valence-corrected chi connectivity index (χ4v) is 1.89. The maximum atomic E-state index is 5.53. The summed E-state index contributed by atoms with van der Waals surface area (Å²) in [5.41, 5.74) is 2.72. The van der Waals surface area contributed by atoms with Crippen molar-refractivity contribution >= 4 is 5.57 Å². The van der Waals surface area contributed by atoms with Gasteiger partial charge in [-0.3, -0.25) is 0 Å². The molecule has 1 aliphatic rings. The van der Waals surface area contributed by atoms with Crippen molar-refractivity contribution in [3.8, 4) is 5.75 Å². The zero-order valence-corrected chi connectivity index (χ0v) is 10.2. The molecule has 0 spiro atoms. The van der Waals surface area contributed by atoms with Crippen molar-refractivity contribution in [1.82, 2.24) is 5.32 Å². The van der Waals surface area contributed by atoms with E-state index in [0.717, 1.165) is 25.3 Å². The predicted molar refractivity (Wildman–Crippen MR) is 69.3 cm³/mol. The van der Waals surface area contributed by atoms with Gasteiger partial charge < -0.3 is 14.8 Å². The number of nitrogens with one attached hydrogen (secondary N) is 1. The highest BCUT2D eigenvalue weighted by atomic mass is 16.5. The third-order valence-electron chi connectivity index (χ3n) is 2.85. The van der Waals surface area contributed by atoms with Gasteiger partial charge in [0.2, 0.25) is 0 Å². The summed E-state index contributed by atoms with van der Waals surface area (Å²) in [6, 6.07) is 8.29. The number of benzene rings is 1. The maximum absolute atomic E-state index is 5.53. The van der Waals surface area contributed by atoms with Gasteiger partial charge in [0.25, 0.3) is 0 Å². The van der Waals surface area contributed by atoms with Crippen LogP contribution in [-0.2, 0) is 4.74 Å². The Bertz CT molecular complexity index is 370. The van der Waals surface area contributed by atoms with E-state index >= 15 is 0 Å². The molecule has 1 N–H and O–H groups in total. The van der Waals surface area contributed by atoms with Crippen LogP contribution >= 0.6 is 0 Å². The number of rotatable bonds is 5. The molecule has 0 atom stereocenters. The molecule has 0 fully saturated rings. The standard InChI is InChI=1S/C14H19NO2/c1-16-10-11-17-14-4-2-12(3-5-14)13-6-8-15-9-7-13/h2-6,15H,7-11H2,1H3. The second kappa shape index (κ2) is 6.42. The van der Waals surface area contributed by atoms with E-state index in [-0.39, 0.29) is 0 Å². The molecule has 0 unspecified atom stereocenters. The van der Waals surface area contributed by atoms with Crippen LogP contribution < -0.4 is 10.1 Å². The van der Waals surface area contributed by atoms with Gasteiger partial charge in [0.1, 0.15) is 12.4 Å². The van der Waals surface area contributed by atoms with Crippen molar-refractivity contribution in [2.24, 2.45) is 0 Å². The molecule has 0 aromatic heterocycles. The van der Waals surface area contributed by atoms with E-state index in [9.17, 15) is 0 Å². The average molecular weight is 233 g/mol. The van der Waals surface area contributed by atoms with Crippen molar-refractivity contribution in [3.63, 3.8) is 0 Å². The van der Waals surface area contributed by atoms with Crippen LogP contribution in [0, 0.1) is 0 Å². The molecule has 0 radical (unpaired) electrons. The first-order valence-corrected chi connectivity index (χ1v) is 6.02. The molecule has 2 rings (SSSR count). The molecule has 3 heteroatoms. The second-order valence-electron chi connectivity index (χ2n) is 4.05. The minimum absolute atomic E-state index is 0.600. The number of methoxy groups -OCH3 is 1. The lowest BCUT2D eigenvalue weighted by molar-refractivity contribution is 0.146. The Morgan fingerprint density at radius 3 is 2.65 bits per heavy atom. The zero-order chi connectivity index (χ0) is 11.9. The van der Waals surface area contributed by atoms with Crippen molar-refractivity contribution in [2.45, 2.75) is 6.42 Å². The Morgan fingerprint density at radius 1 is 1.18 bits per heavy atom. The first kappa shape index (κ1) is 12.1. The average Bonchev–Trinajstić information content (AvgIpc) is 2.41. The summed E-state index contributed by atoms with van der Waals surface area (Å²) in [6.07, 6.45) is 3.36. The summed E-state index contributed by atoms with van der Waals surface area (Å²) in [7, 11) is 1.68. The quantitative estimate of drug-likeness (QED) is 0.790. The van der Waals surface area contributed by atoms with Crippen molar-refractivity contribution in [3.05, 3.63) is 35.9 Å². The summed E-state index contributed by atoms with van der Waals surface area (Å²) in [6.45, 7) is 3.26. The predicted octanol–water partition coefficient (Wildman–Crippen LogP) is 2.09. The zero-order valence-electron chi connectivity index (χ0n) is 10.2. The highest BCUT2D eigenvalue weighted by Gasteiger charge is 2.05. The van der Waals surface area contributed by atoms with Crippen LogP contribution in [0.4, 0.5) is 0 Å². The maximum Gasteiger partial charge on any atom is 0.119 e. The van der Waals surface area contributed by atoms with Gasteiger partial charge in [-0.2, -0.15) is 0 Å². The Labute approximate surface area is 102 Å². The van der Waals surface area contributed by atoms with Gasteiger partial charge in [0, 0.05) is 13.7 Å². The Kier molecular flexibility index (Phi) is 4.59. The van der Waals surface area contributed by atoms with E-state index in [0.29, 0.717) is 13.2 Å². The fraction of sp³-hybridized carbons (Fsp3) is 0.429. The van der Waals surface area contributed by atoms with Gasteiger partial charge in [0.05, 0.1) is 6.61 Å². The Morgan fingerprint density at radius 2 is 2.00 bits per heavy atom. The third kappa shape index (κ3) is 3.58. The normalized spacial score (nSPS) is 15.5. The molecule has 17 heavy (non-hydrogen) atoms. The van der Waals surface area contributed by atoms with Crippen LogP contribution in [0.25, 0.3) is 5.57 Å². The van der Waals surface area contributed by atoms with Crippen LogP contribution in [0.15, 0.2) is 30.3 Å². The Balaban J connectivity index is 1.95. The number of hydrogen-bond donors (Lipinski definition) is 1. The van der Waals surface area contributed by atoms with Gasteiger partial charge >= 0.3 is 0 Å². The minimum atomic E-state index is 0.600. The highest BCUT2D eigenvalue weighted by Crippen LogP contribution is 2.22. The molecule has 1 heterocycles. The molecule has 0 bridgehead atoms. The number of hydrogen-bond acceptors (Lipinski definition) is 3. The van der Waals surface area contributed by atoms with E-state index < -0.39 is 0 Å². The van der Waals surface area contributed by atoms with Crippen LogP contribution in [0.2, 0.25) is 0 Å². The highest BCUT2D eigenvalue weighted by molar-refractivity contribution is 5.67. The molecule has 92 valence electrons. The topological polar surface area (TPSA) is 30.5 Å². The Hall–Kier alpha value is -1.32. The molecule has 0 saturated carbocycles. The lowest BCUT2D eigenvalue weighted by Crippen LogP contribution is -2.19. The third-order valence-corrected chi connectivity index (χ3v) is 2.85. The van der Waals surface area contributed by atoms with E-state index in [1.807, 2.05) is 12.1 Å². The fourth-order valence-electron chi connectivity index (χ4n) is 1.89. The molecule has 0 aliphatic carbocycles. The van der Waals surface area contributed by atoms with Gasteiger partial charge in [-0.15, -0.1) is 0 Å². The van der Waals surface area contributed by atoms with E-state index in [1.54, 1.807) is 7.11 Å². The molecular weight excluding hydrogens is 214 g/mol. The summed E-state index contributed by atoms with van der Waals surface area (Å²) in [5.74, 6) is 0.903.